The molecule has 1 aromatic carbocycles. The quantitative estimate of drug-likeness (QED) is 0.284. The summed E-state index contributed by atoms with van der Waals surface area (Å²) in [6.45, 7) is 5.88. The highest BCUT2D eigenvalue weighted by molar-refractivity contribution is 6.07. The highest BCUT2D eigenvalue weighted by Gasteiger charge is 2.37. The van der Waals surface area contributed by atoms with E-state index in [9.17, 15) is 9.90 Å². The van der Waals surface area contributed by atoms with Gasteiger partial charge >= 0.3 is 0 Å². The summed E-state index contributed by atoms with van der Waals surface area (Å²) >= 11 is 0. The molecule has 2 aliphatic heterocycles. The fourth-order valence-corrected chi connectivity index (χ4v) is 6.79. The Morgan fingerprint density at radius 3 is 2.73 bits per heavy atom. The van der Waals surface area contributed by atoms with Gasteiger partial charge in [-0.25, -0.2) is 9.67 Å². The molecule has 4 aromatic rings. The summed E-state index contributed by atoms with van der Waals surface area (Å²) in [5, 5.41) is 20.1. The first kappa shape index (κ1) is 29.1. The Balaban J connectivity index is 1.34. The molecule has 10 heteroatoms. The lowest BCUT2D eigenvalue weighted by Crippen LogP contribution is -2.46. The largest absolute Gasteiger partial charge is 0.474 e. The Morgan fingerprint density at radius 2 is 1.98 bits per heavy atom. The van der Waals surface area contributed by atoms with Crippen molar-refractivity contribution in [3.63, 3.8) is 0 Å². The maximum Gasteiger partial charge on any atom is 0.223 e. The van der Waals surface area contributed by atoms with Crippen molar-refractivity contribution in [3.05, 3.63) is 48.0 Å². The van der Waals surface area contributed by atoms with E-state index in [0.717, 1.165) is 82.9 Å². The number of aliphatic hydroxyl groups is 1. The Kier molecular flexibility index (Phi) is 8.22. The van der Waals surface area contributed by atoms with E-state index in [0.29, 0.717) is 31.9 Å². The summed E-state index contributed by atoms with van der Waals surface area (Å²) < 4.78 is 20.6. The summed E-state index contributed by atoms with van der Waals surface area (Å²) in [4.78, 5) is 22.5. The molecule has 0 spiro atoms. The lowest BCUT2D eigenvalue weighted by Gasteiger charge is -2.35. The average molecular weight is 600 g/mol. The molecule has 2 saturated heterocycles. The van der Waals surface area contributed by atoms with Gasteiger partial charge in [0.05, 0.1) is 24.0 Å². The second-order valence-electron chi connectivity index (χ2n) is 12.6. The number of ether oxygens (including phenoxy) is 3. The molecule has 7 rings (SSSR count). The fraction of sp³-hybridized carbons (Fsp3) is 0.529. The Morgan fingerprint density at radius 1 is 1.14 bits per heavy atom. The first-order chi connectivity index (χ1) is 21.5. The number of fused-ring (bicyclic) bond motifs is 2. The first-order valence-corrected chi connectivity index (χ1v) is 16.0. The number of pyridine rings is 2. The molecule has 2 N–H and O–H groups in total. The topological polar surface area (TPSA) is 121 Å². The van der Waals surface area contributed by atoms with E-state index in [1.807, 2.05) is 24.0 Å². The van der Waals surface area contributed by atoms with Crippen molar-refractivity contribution in [2.45, 2.75) is 83.1 Å². The standard InChI is InChI=1S/C34H41N5O5/c1-20-13-23(6-9-35-20)31-27-16-25-18-36-39(30-5-3-4-10-43-30)29(25)17-28(27)34(38-32(31)22-7-11-42-12-8-22)44-26-14-24(15-26)33(41)37-21(2)19-40/h6,9,13,16-18,21-22,24,26,30,40H,3-5,7-8,10-12,14-15,19H2,1-2H3,(H,37,41)/t21-,24?,26?,30?/m0/s1. The van der Waals surface area contributed by atoms with Crippen LogP contribution in [0.5, 0.6) is 5.88 Å². The van der Waals surface area contributed by atoms with Gasteiger partial charge in [-0.1, -0.05) is 0 Å². The molecule has 1 aliphatic carbocycles. The lowest BCUT2D eigenvalue weighted by molar-refractivity contribution is -0.131. The molecule has 0 radical (unpaired) electrons. The zero-order chi connectivity index (χ0) is 30.2. The van der Waals surface area contributed by atoms with Crippen LogP contribution in [0, 0.1) is 12.8 Å². The van der Waals surface area contributed by atoms with Crippen LogP contribution in [0.15, 0.2) is 36.7 Å². The molecule has 0 bridgehead atoms. The highest BCUT2D eigenvalue weighted by Crippen LogP contribution is 2.44. The van der Waals surface area contributed by atoms with Gasteiger partial charge in [-0.05, 0) is 94.0 Å². The molecule has 3 fully saturated rings. The van der Waals surface area contributed by atoms with E-state index in [1.165, 1.54) is 0 Å². The van der Waals surface area contributed by atoms with Gasteiger partial charge in [-0.3, -0.25) is 9.78 Å². The number of carbonyl (C=O) groups excluding carboxylic acids is 1. The van der Waals surface area contributed by atoms with Crippen LogP contribution in [0.4, 0.5) is 0 Å². The van der Waals surface area contributed by atoms with Crippen LogP contribution >= 0.6 is 0 Å². The number of nitrogens with zero attached hydrogens (tertiary/aromatic N) is 4. The minimum Gasteiger partial charge on any atom is -0.474 e. The third-order valence-corrected chi connectivity index (χ3v) is 9.34. The summed E-state index contributed by atoms with van der Waals surface area (Å²) in [5.41, 5.74) is 5.16. The van der Waals surface area contributed by atoms with E-state index in [4.69, 9.17) is 24.3 Å². The number of benzene rings is 1. The van der Waals surface area contributed by atoms with Gasteiger partial charge in [0, 0.05) is 65.9 Å². The molecule has 1 amide bonds. The second kappa shape index (κ2) is 12.4. The van der Waals surface area contributed by atoms with Crippen molar-refractivity contribution in [1.82, 2.24) is 25.1 Å². The first-order valence-electron chi connectivity index (χ1n) is 16.0. The number of hydrogen-bond acceptors (Lipinski definition) is 8. The Hall–Kier alpha value is -3.60. The summed E-state index contributed by atoms with van der Waals surface area (Å²) in [6.07, 6.45) is 9.72. The number of hydrogen-bond donors (Lipinski definition) is 2. The number of aliphatic hydroxyl groups excluding tert-OH is 1. The molecule has 1 saturated carbocycles. The maximum absolute atomic E-state index is 12.7. The van der Waals surface area contributed by atoms with Crippen LogP contribution in [0.3, 0.4) is 0 Å². The van der Waals surface area contributed by atoms with Crippen molar-refractivity contribution in [3.8, 4) is 17.0 Å². The molecule has 10 nitrogen and oxygen atoms in total. The number of aromatic nitrogens is 4. The molecule has 3 aromatic heterocycles. The van der Waals surface area contributed by atoms with E-state index < -0.39 is 0 Å². The minimum absolute atomic E-state index is 0.0337. The molecule has 44 heavy (non-hydrogen) atoms. The molecule has 3 aliphatic rings. The molecule has 232 valence electrons. The van der Waals surface area contributed by atoms with Crippen molar-refractivity contribution >= 4 is 27.6 Å². The third kappa shape index (κ3) is 5.66. The monoisotopic (exact) mass is 599 g/mol. The fourth-order valence-electron chi connectivity index (χ4n) is 6.79. The molecular formula is C34H41N5O5. The number of nitrogens with one attached hydrogen (secondary N) is 1. The molecule has 2 atom stereocenters. The summed E-state index contributed by atoms with van der Waals surface area (Å²) in [7, 11) is 0. The van der Waals surface area contributed by atoms with Gasteiger partial charge in [0.2, 0.25) is 11.8 Å². The Labute approximate surface area is 257 Å². The lowest BCUT2D eigenvalue weighted by atomic mass is 9.81. The van der Waals surface area contributed by atoms with Gasteiger partial charge in [-0.2, -0.15) is 5.10 Å². The van der Waals surface area contributed by atoms with Crippen LogP contribution in [-0.4, -0.2) is 69.3 Å². The molecule has 5 heterocycles. The predicted molar refractivity (Wildman–Crippen MR) is 166 cm³/mol. The van der Waals surface area contributed by atoms with Gasteiger partial charge in [-0.15, -0.1) is 0 Å². The number of rotatable bonds is 8. The van der Waals surface area contributed by atoms with Gasteiger partial charge < -0.3 is 24.6 Å². The van der Waals surface area contributed by atoms with Crippen LogP contribution in [-0.2, 0) is 14.3 Å². The minimum atomic E-state index is -0.264. The van der Waals surface area contributed by atoms with Crippen molar-refractivity contribution in [2.75, 3.05) is 26.4 Å². The van der Waals surface area contributed by atoms with Crippen LogP contribution < -0.4 is 10.1 Å². The van der Waals surface area contributed by atoms with E-state index >= 15 is 0 Å². The summed E-state index contributed by atoms with van der Waals surface area (Å²) in [6, 6.07) is 8.33. The maximum atomic E-state index is 12.7. The zero-order valence-corrected chi connectivity index (χ0v) is 25.5. The van der Waals surface area contributed by atoms with Crippen LogP contribution in [0.1, 0.15) is 75.4 Å². The number of carbonyl (C=O) groups is 1. The van der Waals surface area contributed by atoms with Crippen molar-refractivity contribution in [2.24, 2.45) is 5.92 Å². The van der Waals surface area contributed by atoms with E-state index in [-0.39, 0.29) is 42.7 Å². The average Bonchev–Trinajstić information content (AvgIpc) is 3.44. The summed E-state index contributed by atoms with van der Waals surface area (Å²) in [5.74, 6) is 0.662. The van der Waals surface area contributed by atoms with Crippen LogP contribution in [0.2, 0.25) is 0 Å². The zero-order valence-electron chi connectivity index (χ0n) is 25.5. The van der Waals surface area contributed by atoms with E-state index in [1.54, 1.807) is 6.92 Å². The highest BCUT2D eigenvalue weighted by atomic mass is 16.5. The molecule has 1 unspecified atom stereocenters. The normalized spacial score (nSPS) is 23.4. The van der Waals surface area contributed by atoms with E-state index in [2.05, 4.69) is 34.6 Å². The second-order valence-corrected chi connectivity index (χ2v) is 12.6. The number of aryl methyl sites for hydroxylation is 1. The van der Waals surface area contributed by atoms with Crippen LogP contribution in [0.25, 0.3) is 32.8 Å². The van der Waals surface area contributed by atoms with Gasteiger partial charge in [0.15, 0.2) is 6.23 Å². The smallest absolute Gasteiger partial charge is 0.223 e. The molecular weight excluding hydrogens is 558 g/mol. The van der Waals surface area contributed by atoms with Gasteiger partial charge in [0.1, 0.15) is 6.10 Å². The third-order valence-electron chi connectivity index (χ3n) is 9.34. The van der Waals surface area contributed by atoms with Gasteiger partial charge in [0.25, 0.3) is 0 Å². The van der Waals surface area contributed by atoms with Crippen molar-refractivity contribution in [1.29, 1.82) is 0 Å². The van der Waals surface area contributed by atoms with Crippen molar-refractivity contribution < 1.29 is 24.1 Å². The Bertz CT molecular complexity index is 1650. The SMILES string of the molecule is Cc1cc(-c2c(C3CCOCC3)nc(OC3CC(C(=O)N[C@@H](C)CO)C3)c3cc4c(cnn4C4CCCCO4)cc23)ccn1. The predicted octanol–water partition coefficient (Wildman–Crippen LogP) is 5.20. The number of amides is 1.